The predicted octanol–water partition coefficient (Wildman–Crippen LogP) is 1.97. The molecule has 14 heavy (non-hydrogen) atoms. The second-order valence-electron chi connectivity index (χ2n) is 3.39. The van der Waals surface area contributed by atoms with Crippen LogP contribution in [0.4, 0.5) is 5.69 Å². The molecule has 0 amide bonds. The van der Waals surface area contributed by atoms with Gasteiger partial charge in [0, 0.05) is 11.6 Å². The number of hydrogen-bond donors (Lipinski definition) is 1. The van der Waals surface area contributed by atoms with Crippen molar-refractivity contribution < 1.29 is 4.92 Å². The Hall–Kier alpha value is -1.42. The molecule has 0 spiro atoms. The quantitative estimate of drug-likeness (QED) is 0.590. The van der Waals surface area contributed by atoms with Gasteiger partial charge in [-0.25, -0.2) is 0 Å². The van der Waals surface area contributed by atoms with E-state index in [-0.39, 0.29) is 16.5 Å². The third kappa shape index (κ3) is 1.90. The number of hydrogen-bond acceptors (Lipinski definition) is 3. The van der Waals surface area contributed by atoms with Crippen LogP contribution >= 0.6 is 0 Å². The predicted molar refractivity (Wildman–Crippen MR) is 55.3 cm³/mol. The standard InChI is InChI=1S/C10H14N2O2/c1-7(6-11)9-4-3-5-10(8(9)2)12(13)14/h3-5,7H,6,11H2,1-2H3/t7-/m0/s1. The van der Waals surface area contributed by atoms with Crippen LogP contribution in [-0.4, -0.2) is 11.5 Å². The average molecular weight is 194 g/mol. The fourth-order valence-electron chi connectivity index (χ4n) is 1.50. The fraction of sp³-hybridized carbons (Fsp3) is 0.400. The van der Waals surface area contributed by atoms with Crippen molar-refractivity contribution in [2.45, 2.75) is 19.8 Å². The van der Waals surface area contributed by atoms with Gasteiger partial charge in [-0.3, -0.25) is 10.1 Å². The molecule has 0 saturated heterocycles. The van der Waals surface area contributed by atoms with Crippen LogP contribution in [0.3, 0.4) is 0 Å². The van der Waals surface area contributed by atoms with E-state index in [2.05, 4.69) is 0 Å². The minimum atomic E-state index is -0.359. The molecule has 0 unspecified atom stereocenters. The Kier molecular flexibility index (Phi) is 3.19. The highest BCUT2D eigenvalue weighted by Crippen LogP contribution is 2.26. The zero-order valence-corrected chi connectivity index (χ0v) is 8.36. The summed E-state index contributed by atoms with van der Waals surface area (Å²) < 4.78 is 0. The van der Waals surface area contributed by atoms with Gasteiger partial charge in [0.1, 0.15) is 0 Å². The van der Waals surface area contributed by atoms with Crippen LogP contribution in [0.1, 0.15) is 24.0 Å². The van der Waals surface area contributed by atoms with E-state index in [1.807, 2.05) is 13.0 Å². The minimum Gasteiger partial charge on any atom is -0.330 e. The Labute approximate surface area is 82.9 Å². The van der Waals surface area contributed by atoms with Crippen molar-refractivity contribution in [1.29, 1.82) is 0 Å². The summed E-state index contributed by atoms with van der Waals surface area (Å²) in [6.07, 6.45) is 0. The molecule has 4 heteroatoms. The molecule has 0 radical (unpaired) electrons. The van der Waals surface area contributed by atoms with Crippen molar-refractivity contribution in [3.63, 3.8) is 0 Å². The molecule has 1 atom stereocenters. The van der Waals surface area contributed by atoms with Crippen molar-refractivity contribution in [3.8, 4) is 0 Å². The second kappa shape index (κ2) is 4.19. The molecule has 0 aliphatic rings. The van der Waals surface area contributed by atoms with Gasteiger partial charge in [0.15, 0.2) is 0 Å². The van der Waals surface area contributed by atoms with Gasteiger partial charge >= 0.3 is 0 Å². The van der Waals surface area contributed by atoms with Crippen LogP contribution in [0.15, 0.2) is 18.2 Å². The van der Waals surface area contributed by atoms with Crippen molar-refractivity contribution in [1.82, 2.24) is 0 Å². The fourth-order valence-corrected chi connectivity index (χ4v) is 1.50. The summed E-state index contributed by atoms with van der Waals surface area (Å²) in [6.45, 7) is 4.23. The van der Waals surface area contributed by atoms with Crippen LogP contribution in [-0.2, 0) is 0 Å². The maximum atomic E-state index is 10.7. The molecule has 4 nitrogen and oxygen atoms in total. The molecule has 1 aromatic rings. The number of nitro benzene ring substituents is 1. The monoisotopic (exact) mass is 194 g/mol. The summed E-state index contributed by atoms with van der Waals surface area (Å²) in [5, 5.41) is 10.7. The maximum absolute atomic E-state index is 10.7. The number of nitrogens with two attached hydrogens (primary N) is 1. The van der Waals surface area contributed by atoms with Crippen LogP contribution in [0.25, 0.3) is 0 Å². The highest BCUT2D eigenvalue weighted by Gasteiger charge is 2.15. The van der Waals surface area contributed by atoms with Gasteiger partial charge in [-0.2, -0.15) is 0 Å². The summed E-state index contributed by atoms with van der Waals surface area (Å²) in [5.74, 6) is 0.162. The van der Waals surface area contributed by atoms with E-state index >= 15 is 0 Å². The Balaban J connectivity index is 3.20. The molecule has 0 aromatic heterocycles. The molecule has 0 bridgehead atoms. The van der Waals surface area contributed by atoms with Crippen LogP contribution < -0.4 is 5.73 Å². The van der Waals surface area contributed by atoms with Gasteiger partial charge in [-0.15, -0.1) is 0 Å². The molecule has 0 fully saturated rings. The summed E-state index contributed by atoms with van der Waals surface area (Å²) in [5.41, 5.74) is 7.38. The highest BCUT2D eigenvalue weighted by atomic mass is 16.6. The third-order valence-corrected chi connectivity index (χ3v) is 2.43. The summed E-state index contributed by atoms with van der Waals surface area (Å²) >= 11 is 0. The molecule has 2 N–H and O–H groups in total. The minimum absolute atomic E-state index is 0.162. The molecule has 0 heterocycles. The first-order valence-corrected chi connectivity index (χ1v) is 4.52. The van der Waals surface area contributed by atoms with Gasteiger partial charge in [-0.1, -0.05) is 19.1 Å². The van der Waals surface area contributed by atoms with Gasteiger partial charge in [0.25, 0.3) is 5.69 Å². The first kappa shape index (κ1) is 10.7. The summed E-state index contributed by atoms with van der Waals surface area (Å²) in [4.78, 5) is 10.3. The SMILES string of the molecule is Cc1c([C@@H](C)CN)cccc1[N+](=O)[O-]. The lowest BCUT2D eigenvalue weighted by atomic mass is 9.95. The molecule has 1 rings (SSSR count). The third-order valence-electron chi connectivity index (χ3n) is 2.43. The topological polar surface area (TPSA) is 69.2 Å². The van der Waals surface area contributed by atoms with E-state index in [9.17, 15) is 10.1 Å². The van der Waals surface area contributed by atoms with Crippen LogP contribution in [0.2, 0.25) is 0 Å². The Morgan fingerprint density at radius 2 is 2.21 bits per heavy atom. The van der Waals surface area contributed by atoms with Crippen molar-refractivity contribution in [2.24, 2.45) is 5.73 Å². The summed E-state index contributed by atoms with van der Waals surface area (Å²) in [6, 6.07) is 5.11. The molecule has 0 saturated carbocycles. The molecular weight excluding hydrogens is 180 g/mol. The number of benzene rings is 1. The smallest absolute Gasteiger partial charge is 0.272 e. The molecule has 0 aliphatic carbocycles. The van der Waals surface area contributed by atoms with Crippen LogP contribution in [0, 0.1) is 17.0 Å². The lowest BCUT2D eigenvalue weighted by Gasteiger charge is -2.11. The van der Waals surface area contributed by atoms with E-state index in [1.54, 1.807) is 13.0 Å². The second-order valence-corrected chi connectivity index (χ2v) is 3.39. The van der Waals surface area contributed by atoms with Gasteiger partial charge < -0.3 is 5.73 Å². The van der Waals surface area contributed by atoms with E-state index < -0.39 is 0 Å². The number of nitro groups is 1. The van der Waals surface area contributed by atoms with Crippen LogP contribution in [0.5, 0.6) is 0 Å². The van der Waals surface area contributed by atoms with E-state index in [1.165, 1.54) is 6.07 Å². The van der Waals surface area contributed by atoms with E-state index in [0.29, 0.717) is 6.54 Å². The maximum Gasteiger partial charge on any atom is 0.272 e. The Morgan fingerprint density at radius 3 is 2.71 bits per heavy atom. The van der Waals surface area contributed by atoms with Gasteiger partial charge in [-0.05, 0) is 24.9 Å². The molecular formula is C10H14N2O2. The number of nitrogens with zero attached hydrogens (tertiary/aromatic N) is 1. The van der Waals surface area contributed by atoms with Gasteiger partial charge in [0.05, 0.1) is 4.92 Å². The van der Waals surface area contributed by atoms with E-state index in [4.69, 9.17) is 5.73 Å². The van der Waals surface area contributed by atoms with Crippen molar-refractivity contribution in [2.75, 3.05) is 6.54 Å². The molecule has 0 aliphatic heterocycles. The Bertz CT molecular complexity index is 350. The first-order valence-electron chi connectivity index (χ1n) is 4.52. The lowest BCUT2D eigenvalue weighted by Crippen LogP contribution is -2.10. The normalized spacial score (nSPS) is 12.5. The lowest BCUT2D eigenvalue weighted by molar-refractivity contribution is -0.385. The summed E-state index contributed by atoms with van der Waals surface area (Å²) in [7, 11) is 0. The molecule has 76 valence electrons. The van der Waals surface area contributed by atoms with Crippen molar-refractivity contribution in [3.05, 3.63) is 39.4 Å². The van der Waals surface area contributed by atoms with Crippen molar-refractivity contribution >= 4 is 5.69 Å². The average Bonchev–Trinajstić information content (AvgIpc) is 2.16. The zero-order chi connectivity index (χ0) is 10.7. The molecule has 1 aromatic carbocycles. The largest absolute Gasteiger partial charge is 0.330 e. The first-order chi connectivity index (χ1) is 6.57. The Morgan fingerprint density at radius 1 is 1.57 bits per heavy atom. The number of rotatable bonds is 3. The van der Waals surface area contributed by atoms with Gasteiger partial charge in [0.2, 0.25) is 0 Å². The van der Waals surface area contributed by atoms with E-state index in [0.717, 1.165) is 11.1 Å². The zero-order valence-electron chi connectivity index (χ0n) is 8.36. The highest BCUT2D eigenvalue weighted by molar-refractivity contribution is 5.45.